The molecule has 118 valence electrons. The number of rotatable bonds is 4. The molecule has 0 unspecified atom stereocenters. The molecule has 21 heavy (non-hydrogen) atoms. The molecule has 6 heteroatoms. The van der Waals surface area contributed by atoms with Gasteiger partial charge in [-0.05, 0) is 40.7 Å². The molecule has 2 saturated heterocycles. The zero-order valence-corrected chi connectivity index (χ0v) is 13.7. The summed E-state index contributed by atoms with van der Waals surface area (Å²) in [6, 6.07) is 0. The molecule has 0 amide bonds. The monoisotopic (exact) mass is 295 g/mol. The third kappa shape index (κ3) is 3.68. The van der Waals surface area contributed by atoms with Gasteiger partial charge in [-0.25, -0.2) is 0 Å². The van der Waals surface area contributed by atoms with Gasteiger partial charge in [0.25, 0.3) is 0 Å². The first-order valence-corrected chi connectivity index (χ1v) is 7.57. The highest BCUT2D eigenvalue weighted by atomic mass is 16.7. The average Bonchev–Trinajstić information content (AvgIpc) is 2.92. The van der Waals surface area contributed by atoms with E-state index < -0.39 is 0 Å². The first kappa shape index (κ1) is 16.5. The average molecular weight is 295 g/mol. The van der Waals surface area contributed by atoms with E-state index in [9.17, 15) is 4.79 Å². The molecule has 0 radical (unpaired) electrons. The molecule has 2 aliphatic rings. The number of esters is 1. The van der Waals surface area contributed by atoms with Crippen LogP contribution in [-0.2, 0) is 18.8 Å². The van der Waals surface area contributed by atoms with Gasteiger partial charge in [-0.2, -0.15) is 0 Å². The molecule has 5 nitrogen and oxygen atoms in total. The third-order valence-corrected chi connectivity index (χ3v) is 4.74. The molecule has 0 spiro atoms. The first-order chi connectivity index (χ1) is 9.75. The van der Waals surface area contributed by atoms with E-state index in [0.29, 0.717) is 0 Å². The Labute approximate surface area is 127 Å². The predicted molar refractivity (Wildman–Crippen MR) is 81.8 cm³/mol. The summed E-state index contributed by atoms with van der Waals surface area (Å²) in [6.07, 6.45) is 2.93. The summed E-state index contributed by atoms with van der Waals surface area (Å²) in [6.45, 7) is 10.7. The van der Waals surface area contributed by atoms with Gasteiger partial charge in [-0.3, -0.25) is 9.69 Å². The van der Waals surface area contributed by atoms with Crippen molar-refractivity contribution in [3.63, 3.8) is 0 Å². The summed E-state index contributed by atoms with van der Waals surface area (Å²) in [7, 11) is 1.15. The number of ether oxygens (including phenoxy) is 1. The Morgan fingerprint density at radius 1 is 1.33 bits per heavy atom. The summed E-state index contributed by atoms with van der Waals surface area (Å²) in [5.74, 6) is 1.87. The third-order valence-electron chi connectivity index (χ3n) is 4.74. The molecule has 0 N–H and O–H groups in total. The van der Waals surface area contributed by atoms with Gasteiger partial charge in [0.15, 0.2) is 0 Å². The minimum absolute atomic E-state index is 0.0141. The van der Waals surface area contributed by atoms with Crippen molar-refractivity contribution in [3.8, 4) is 0 Å². The van der Waals surface area contributed by atoms with Crippen LogP contribution in [0.5, 0.6) is 0 Å². The smallest absolute Gasteiger partial charge is 0.469 e. The molecular weight excluding hydrogens is 269 g/mol. The normalized spacial score (nSPS) is 28.4. The largest absolute Gasteiger partial charge is 0.486 e. The summed E-state index contributed by atoms with van der Waals surface area (Å²) >= 11 is 0. The molecule has 2 aliphatic heterocycles. The van der Waals surface area contributed by atoms with Crippen LogP contribution >= 0.6 is 0 Å². The molecule has 0 aliphatic carbocycles. The van der Waals surface area contributed by atoms with E-state index in [1.54, 1.807) is 0 Å². The van der Waals surface area contributed by atoms with Gasteiger partial charge in [-0.15, -0.1) is 0 Å². The second kappa shape index (κ2) is 6.11. The van der Waals surface area contributed by atoms with Gasteiger partial charge >= 0.3 is 13.1 Å². The highest BCUT2D eigenvalue weighted by molar-refractivity contribution is 6.51. The molecule has 0 aromatic heterocycles. The fourth-order valence-corrected chi connectivity index (χ4v) is 2.65. The number of hydrogen-bond acceptors (Lipinski definition) is 5. The predicted octanol–water partition coefficient (Wildman–Crippen LogP) is 1.67. The summed E-state index contributed by atoms with van der Waals surface area (Å²) < 4.78 is 16.6. The van der Waals surface area contributed by atoms with Crippen LogP contribution in [0.3, 0.4) is 0 Å². The fraction of sp³-hybridized carbons (Fsp3) is 0.800. The molecule has 2 heterocycles. The lowest BCUT2D eigenvalue weighted by Crippen LogP contribution is -2.41. The summed E-state index contributed by atoms with van der Waals surface area (Å²) in [5.41, 5.74) is -0.600. The maximum atomic E-state index is 11.5. The summed E-state index contributed by atoms with van der Waals surface area (Å²) in [5, 5.41) is 0. The van der Waals surface area contributed by atoms with E-state index in [-0.39, 0.29) is 30.2 Å². The van der Waals surface area contributed by atoms with Crippen molar-refractivity contribution < 1.29 is 18.8 Å². The van der Waals surface area contributed by atoms with Crippen LogP contribution in [0.1, 0.15) is 34.1 Å². The quantitative estimate of drug-likeness (QED) is 0.583. The van der Waals surface area contributed by atoms with Crippen LogP contribution in [0.15, 0.2) is 12.1 Å². The van der Waals surface area contributed by atoms with Gasteiger partial charge < -0.3 is 14.0 Å². The zero-order chi connectivity index (χ0) is 15.7. The van der Waals surface area contributed by atoms with E-state index in [0.717, 1.165) is 26.1 Å². The second-order valence-corrected chi connectivity index (χ2v) is 6.82. The Kier molecular flexibility index (Phi) is 4.80. The van der Waals surface area contributed by atoms with Crippen LogP contribution in [0.2, 0.25) is 0 Å². The maximum absolute atomic E-state index is 11.5. The lowest BCUT2D eigenvalue weighted by molar-refractivity contribution is -0.144. The van der Waals surface area contributed by atoms with Gasteiger partial charge in [0.1, 0.15) is 0 Å². The molecule has 0 bridgehead atoms. The van der Waals surface area contributed by atoms with Crippen LogP contribution in [-0.4, -0.2) is 55.9 Å². The van der Waals surface area contributed by atoms with Crippen molar-refractivity contribution in [2.24, 2.45) is 5.92 Å². The fourth-order valence-electron chi connectivity index (χ4n) is 2.65. The summed E-state index contributed by atoms with van der Waals surface area (Å²) in [4.78, 5) is 13.7. The Balaban J connectivity index is 1.79. The lowest BCUT2D eigenvalue weighted by atomic mass is 9.90. The topological polar surface area (TPSA) is 48.0 Å². The Morgan fingerprint density at radius 3 is 2.52 bits per heavy atom. The van der Waals surface area contributed by atoms with Crippen LogP contribution in [0.4, 0.5) is 0 Å². The number of likely N-dealkylation sites (tertiary alicyclic amines) is 1. The zero-order valence-electron chi connectivity index (χ0n) is 13.7. The van der Waals surface area contributed by atoms with Crippen molar-refractivity contribution in [1.82, 2.24) is 4.90 Å². The molecule has 2 rings (SSSR count). The van der Waals surface area contributed by atoms with Gasteiger partial charge in [-0.1, -0.05) is 12.1 Å². The molecule has 0 saturated carbocycles. The standard InChI is InChI=1S/C15H26BNO4/c1-14(2)15(3,4)21-16(20-14)8-6-9-17-10-7-12(11-17)13(18)19-5/h6,8,12H,7,9-11H2,1-5H3/b8-6+/t12-/m1/s1. The number of nitrogens with zero attached hydrogens (tertiary/aromatic N) is 1. The molecule has 0 aromatic rings. The molecule has 0 aromatic carbocycles. The van der Waals surface area contributed by atoms with E-state index in [1.807, 2.05) is 33.7 Å². The molecular formula is C15H26BNO4. The second-order valence-electron chi connectivity index (χ2n) is 6.82. The lowest BCUT2D eigenvalue weighted by Gasteiger charge is -2.32. The van der Waals surface area contributed by atoms with Crippen LogP contribution < -0.4 is 0 Å². The highest BCUT2D eigenvalue weighted by Gasteiger charge is 2.50. The number of carbonyl (C=O) groups excluding carboxylic acids is 1. The van der Waals surface area contributed by atoms with E-state index in [2.05, 4.69) is 11.0 Å². The Morgan fingerprint density at radius 2 is 1.95 bits per heavy atom. The van der Waals surface area contributed by atoms with E-state index in [4.69, 9.17) is 14.0 Å². The molecule has 2 fully saturated rings. The van der Waals surface area contributed by atoms with Gasteiger partial charge in [0.2, 0.25) is 0 Å². The maximum Gasteiger partial charge on any atom is 0.486 e. The van der Waals surface area contributed by atoms with Gasteiger partial charge in [0.05, 0.1) is 24.2 Å². The van der Waals surface area contributed by atoms with Crippen LogP contribution in [0.25, 0.3) is 0 Å². The number of methoxy groups -OCH3 is 1. The highest BCUT2D eigenvalue weighted by Crippen LogP contribution is 2.36. The Hall–Kier alpha value is -0.845. The molecule has 1 atom stereocenters. The number of carbonyl (C=O) groups is 1. The van der Waals surface area contributed by atoms with Crippen molar-refractivity contribution in [2.75, 3.05) is 26.7 Å². The minimum atomic E-state index is -0.300. The van der Waals surface area contributed by atoms with Crippen molar-refractivity contribution in [1.29, 1.82) is 0 Å². The van der Waals surface area contributed by atoms with Gasteiger partial charge in [0, 0.05) is 13.1 Å². The van der Waals surface area contributed by atoms with Crippen LogP contribution in [0, 0.1) is 5.92 Å². The Bertz CT molecular complexity index is 406. The van der Waals surface area contributed by atoms with Crippen molar-refractivity contribution in [2.45, 2.75) is 45.3 Å². The van der Waals surface area contributed by atoms with E-state index in [1.165, 1.54) is 7.11 Å². The van der Waals surface area contributed by atoms with E-state index >= 15 is 0 Å². The number of hydrogen-bond donors (Lipinski definition) is 0. The van der Waals surface area contributed by atoms with Crippen molar-refractivity contribution >= 4 is 13.1 Å². The SMILES string of the molecule is COC(=O)[C@@H]1CCN(C/C=C/B2OC(C)(C)C(C)(C)O2)C1. The first-order valence-electron chi connectivity index (χ1n) is 7.57. The minimum Gasteiger partial charge on any atom is -0.469 e. The van der Waals surface area contributed by atoms with Crippen molar-refractivity contribution in [3.05, 3.63) is 12.1 Å².